The first-order valence-corrected chi connectivity index (χ1v) is 5.41. The molecular weight excluding hydrogens is 257 g/mol. The second-order valence-corrected chi connectivity index (χ2v) is 3.84. The van der Waals surface area contributed by atoms with Crippen molar-refractivity contribution >= 4 is 6.29 Å². The molecule has 0 aliphatic heterocycles. The SMILES string of the molecule is O=Cc1cccc(OCc2cc(F)c(F)cc2F)c1. The molecule has 0 amide bonds. The summed E-state index contributed by atoms with van der Waals surface area (Å²) in [6, 6.07) is 7.43. The standard InChI is InChI=1S/C14H9F3O2/c15-12-6-14(17)13(16)5-10(12)8-19-11-3-1-2-9(4-11)7-18/h1-7H,8H2. The number of hydrogen-bond donors (Lipinski definition) is 0. The summed E-state index contributed by atoms with van der Waals surface area (Å²) in [5, 5.41) is 0. The summed E-state index contributed by atoms with van der Waals surface area (Å²) in [6.07, 6.45) is 0.644. The molecular formula is C14H9F3O2. The van der Waals surface area contributed by atoms with Crippen molar-refractivity contribution in [2.24, 2.45) is 0 Å². The first kappa shape index (κ1) is 13.1. The van der Waals surface area contributed by atoms with Crippen LogP contribution in [0.25, 0.3) is 0 Å². The lowest BCUT2D eigenvalue weighted by Crippen LogP contribution is -2.01. The summed E-state index contributed by atoms with van der Waals surface area (Å²) >= 11 is 0. The third kappa shape index (κ3) is 3.13. The second-order valence-electron chi connectivity index (χ2n) is 3.84. The van der Waals surface area contributed by atoms with E-state index in [1.807, 2.05) is 0 Å². The van der Waals surface area contributed by atoms with Crippen LogP contribution < -0.4 is 4.74 Å². The van der Waals surface area contributed by atoms with Crippen LogP contribution in [-0.4, -0.2) is 6.29 Å². The van der Waals surface area contributed by atoms with E-state index in [-0.39, 0.29) is 12.2 Å². The molecule has 98 valence electrons. The predicted octanol–water partition coefficient (Wildman–Crippen LogP) is 3.50. The Kier molecular flexibility index (Phi) is 3.85. The van der Waals surface area contributed by atoms with E-state index < -0.39 is 17.5 Å². The van der Waals surface area contributed by atoms with Crippen molar-refractivity contribution in [3.8, 4) is 5.75 Å². The van der Waals surface area contributed by atoms with Crippen molar-refractivity contribution in [3.05, 3.63) is 65.0 Å². The Labute approximate surface area is 107 Å². The third-order valence-electron chi connectivity index (χ3n) is 2.48. The molecule has 0 atom stereocenters. The summed E-state index contributed by atoms with van der Waals surface area (Å²) < 4.78 is 44.2. The zero-order valence-corrected chi connectivity index (χ0v) is 9.70. The van der Waals surface area contributed by atoms with Crippen LogP contribution >= 0.6 is 0 Å². The van der Waals surface area contributed by atoms with Crippen LogP contribution in [0.2, 0.25) is 0 Å². The summed E-state index contributed by atoms with van der Waals surface area (Å²) in [4.78, 5) is 10.6. The number of halogens is 3. The predicted molar refractivity (Wildman–Crippen MR) is 62.5 cm³/mol. The van der Waals surface area contributed by atoms with Crippen LogP contribution in [0.5, 0.6) is 5.75 Å². The van der Waals surface area contributed by atoms with Gasteiger partial charge in [-0.05, 0) is 18.2 Å². The first-order chi connectivity index (χ1) is 9.10. The van der Waals surface area contributed by atoms with Gasteiger partial charge >= 0.3 is 0 Å². The van der Waals surface area contributed by atoms with Crippen LogP contribution in [0.4, 0.5) is 13.2 Å². The van der Waals surface area contributed by atoms with Crippen LogP contribution in [-0.2, 0) is 6.61 Å². The molecule has 0 heterocycles. The van der Waals surface area contributed by atoms with Crippen molar-refractivity contribution in [3.63, 3.8) is 0 Å². The van der Waals surface area contributed by atoms with Gasteiger partial charge in [-0.15, -0.1) is 0 Å². The second kappa shape index (κ2) is 5.56. The third-order valence-corrected chi connectivity index (χ3v) is 2.48. The minimum atomic E-state index is -1.25. The average Bonchev–Trinajstić information content (AvgIpc) is 2.41. The Balaban J connectivity index is 2.14. The lowest BCUT2D eigenvalue weighted by molar-refractivity contribution is 0.112. The van der Waals surface area contributed by atoms with Gasteiger partial charge in [-0.25, -0.2) is 13.2 Å². The molecule has 0 saturated heterocycles. The molecule has 0 aromatic heterocycles. The van der Waals surface area contributed by atoms with Gasteiger partial charge in [-0.1, -0.05) is 12.1 Å². The molecule has 0 aliphatic rings. The highest BCUT2D eigenvalue weighted by molar-refractivity contribution is 5.75. The van der Waals surface area contributed by atoms with E-state index in [9.17, 15) is 18.0 Å². The van der Waals surface area contributed by atoms with E-state index in [0.717, 1.165) is 6.07 Å². The molecule has 0 bridgehead atoms. The van der Waals surface area contributed by atoms with Crippen molar-refractivity contribution in [1.29, 1.82) is 0 Å². The van der Waals surface area contributed by atoms with Gasteiger partial charge in [0.25, 0.3) is 0 Å². The largest absolute Gasteiger partial charge is 0.489 e. The maximum absolute atomic E-state index is 13.3. The van der Waals surface area contributed by atoms with Gasteiger partial charge in [-0.2, -0.15) is 0 Å². The smallest absolute Gasteiger partial charge is 0.161 e. The molecule has 2 aromatic rings. The maximum atomic E-state index is 13.3. The fourth-order valence-corrected chi connectivity index (χ4v) is 1.51. The zero-order valence-electron chi connectivity index (χ0n) is 9.70. The number of carbonyl (C=O) groups excluding carboxylic acids is 1. The van der Waals surface area contributed by atoms with E-state index in [1.54, 1.807) is 18.2 Å². The summed E-state index contributed by atoms with van der Waals surface area (Å²) in [5.74, 6) is -2.93. The van der Waals surface area contributed by atoms with Gasteiger partial charge in [-0.3, -0.25) is 4.79 Å². The van der Waals surface area contributed by atoms with Gasteiger partial charge in [0.15, 0.2) is 11.6 Å². The Hall–Kier alpha value is -2.30. The Bertz CT molecular complexity index is 612. The Morgan fingerprint density at radius 2 is 1.74 bits per heavy atom. The van der Waals surface area contributed by atoms with Crippen molar-refractivity contribution in [2.75, 3.05) is 0 Å². The molecule has 19 heavy (non-hydrogen) atoms. The number of rotatable bonds is 4. The minimum Gasteiger partial charge on any atom is -0.489 e. The number of ether oxygens (including phenoxy) is 1. The van der Waals surface area contributed by atoms with Gasteiger partial charge in [0.05, 0.1) is 0 Å². The summed E-state index contributed by atoms with van der Waals surface area (Å²) in [6.45, 7) is -0.259. The van der Waals surface area contributed by atoms with E-state index >= 15 is 0 Å². The number of benzene rings is 2. The number of aldehydes is 1. The molecule has 0 aliphatic carbocycles. The van der Waals surface area contributed by atoms with Gasteiger partial charge in [0.1, 0.15) is 24.5 Å². The van der Waals surface area contributed by atoms with Crippen molar-refractivity contribution < 1.29 is 22.7 Å². The highest BCUT2D eigenvalue weighted by Crippen LogP contribution is 2.18. The first-order valence-electron chi connectivity index (χ1n) is 5.41. The van der Waals surface area contributed by atoms with Crippen LogP contribution in [0.15, 0.2) is 36.4 Å². The number of hydrogen-bond acceptors (Lipinski definition) is 2. The Morgan fingerprint density at radius 3 is 2.47 bits per heavy atom. The molecule has 0 radical (unpaired) electrons. The van der Waals surface area contributed by atoms with E-state index in [1.165, 1.54) is 6.07 Å². The average molecular weight is 266 g/mol. The van der Waals surface area contributed by atoms with Crippen LogP contribution in [0.1, 0.15) is 15.9 Å². The van der Waals surface area contributed by atoms with Gasteiger partial charge in [0, 0.05) is 17.2 Å². The molecule has 0 unspecified atom stereocenters. The summed E-state index contributed by atoms with van der Waals surface area (Å²) in [7, 11) is 0. The molecule has 0 fully saturated rings. The molecule has 2 aromatic carbocycles. The Morgan fingerprint density at radius 1 is 1.00 bits per heavy atom. The van der Waals surface area contributed by atoms with Crippen molar-refractivity contribution in [1.82, 2.24) is 0 Å². The highest BCUT2D eigenvalue weighted by atomic mass is 19.2. The highest BCUT2D eigenvalue weighted by Gasteiger charge is 2.10. The van der Waals surface area contributed by atoms with E-state index in [0.29, 0.717) is 23.7 Å². The normalized spacial score (nSPS) is 10.3. The lowest BCUT2D eigenvalue weighted by atomic mass is 10.2. The molecule has 0 saturated carbocycles. The molecule has 2 nitrogen and oxygen atoms in total. The van der Waals surface area contributed by atoms with Crippen LogP contribution in [0, 0.1) is 17.5 Å². The number of carbonyl (C=O) groups is 1. The fraction of sp³-hybridized carbons (Fsp3) is 0.0714. The van der Waals surface area contributed by atoms with E-state index in [4.69, 9.17) is 4.74 Å². The molecule has 2 rings (SSSR count). The monoisotopic (exact) mass is 266 g/mol. The summed E-state index contributed by atoms with van der Waals surface area (Å²) in [5.41, 5.74) is 0.304. The fourth-order valence-electron chi connectivity index (χ4n) is 1.51. The molecule has 0 N–H and O–H groups in total. The minimum absolute atomic E-state index is 0.101. The zero-order chi connectivity index (χ0) is 13.8. The van der Waals surface area contributed by atoms with E-state index in [2.05, 4.69) is 0 Å². The molecule has 0 spiro atoms. The van der Waals surface area contributed by atoms with Gasteiger partial charge in [0.2, 0.25) is 0 Å². The quantitative estimate of drug-likeness (QED) is 0.625. The van der Waals surface area contributed by atoms with Crippen molar-refractivity contribution in [2.45, 2.75) is 6.61 Å². The molecule has 5 heteroatoms. The lowest BCUT2D eigenvalue weighted by Gasteiger charge is -2.08. The maximum Gasteiger partial charge on any atom is 0.161 e. The topological polar surface area (TPSA) is 26.3 Å². The van der Waals surface area contributed by atoms with Crippen LogP contribution in [0.3, 0.4) is 0 Å². The van der Waals surface area contributed by atoms with Gasteiger partial charge < -0.3 is 4.74 Å².